The third-order valence-corrected chi connectivity index (χ3v) is 3.28. The molecule has 0 aliphatic rings. The second-order valence-electron chi connectivity index (χ2n) is 4.46. The van der Waals surface area contributed by atoms with Crippen molar-refractivity contribution in [3.8, 4) is 11.5 Å². The molecule has 19 heavy (non-hydrogen) atoms. The molecule has 0 saturated carbocycles. The zero-order chi connectivity index (χ0) is 14.3. The summed E-state index contributed by atoms with van der Waals surface area (Å²) in [6, 6.07) is 5.89. The van der Waals surface area contributed by atoms with Crippen LogP contribution in [0.4, 0.5) is 0 Å². The molecule has 0 aromatic heterocycles. The van der Waals surface area contributed by atoms with Crippen molar-refractivity contribution in [3.05, 3.63) is 23.8 Å². The molecular weight excluding hydrogens is 244 g/mol. The van der Waals surface area contributed by atoms with Gasteiger partial charge in [-0.15, -0.1) is 0 Å². The van der Waals surface area contributed by atoms with E-state index in [2.05, 4.69) is 5.43 Å². The summed E-state index contributed by atoms with van der Waals surface area (Å²) in [7, 11) is 4.96. The van der Waals surface area contributed by atoms with Gasteiger partial charge in [0.2, 0.25) is 0 Å². The van der Waals surface area contributed by atoms with Crippen molar-refractivity contribution < 1.29 is 14.2 Å². The van der Waals surface area contributed by atoms with Gasteiger partial charge in [0.1, 0.15) is 0 Å². The summed E-state index contributed by atoms with van der Waals surface area (Å²) in [5, 5.41) is 0. The minimum absolute atomic E-state index is 0.0670. The molecule has 0 aliphatic carbocycles. The highest BCUT2D eigenvalue weighted by atomic mass is 16.5. The van der Waals surface area contributed by atoms with Crippen molar-refractivity contribution in [3.63, 3.8) is 0 Å². The standard InChI is InChI=1S/C14H24N2O3/c1-10(17-2)5-7-12(16-15)11-6-8-13(18-3)14(9-11)19-4/h6,8-10,12,16H,5,7,15H2,1-4H3. The number of hydrogen-bond acceptors (Lipinski definition) is 5. The van der Waals surface area contributed by atoms with Crippen LogP contribution in [-0.4, -0.2) is 27.4 Å². The van der Waals surface area contributed by atoms with Gasteiger partial charge in [0.05, 0.1) is 20.3 Å². The number of hydrogen-bond donors (Lipinski definition) is 2. The molecule has 0 heterocycles. The summed E-state index contributed by atoms with van der Waals surface area (Å²) >= 11 is 0. The Morgan fingerprint density at radius 3 is 2.32 bits per heavy atom. The molecule has 1 aromatic carbocycles. The molecule has 2 unspecified atom stereocenters. The zero-order valence-corrected chi connectivity index (χ0v) is 12.1. The van der Waals surface area contributed by atoms with Crippen LogP contribution in [-0.2, 0) is 4.74 Å². The Labute approximate surface area is 115 Å². The summed E-state index contributed by atoms with van der Waals surface area (Å²) in [5.41, 5.74) is 3.91. The Kier molecular flexibility index (Phi) is 6.62. The highest BCUT2D eigenvalue weighted by Crippen LogP contribution is 2.31. The Hall–Kier alpha value is -1.30. The van der Waals surface area contributed by atoms with E-state index in [-0.39, 0.29) is 12.1 Å². The first-order chi connectivity index (χ1) is 9.15. The van der Waals surface area contributed by atoms with Gasteiger partial charge in [-0.25, -0.2) is 0 Å². The Morgan fingerprint density at radius 1 is 1.11 bits per heavy atom. The van der Waals surface area contributed by atoms with Crippen molar-refractivity contribution in [2.75, 3.05) is 21.3 Å². The van der Waals surface area contributed by atoms with E-state index in [1.165, 1.54) is 0 Å². The van der Waals surface area contributed by atoms with Crippen LogP contribution >= 0.6 is 0 Å². The first kappa shape index (κ1) is 15.8. The van der Waals surface area contributed by atoms with Crippen LogP contribution in [0.25, 0.3) is 0 Å². The maximum absolute atomic E-state index is 5.63. The average Bonchev–Trinajstić information content (AvgIpc) is 2.47. The van der Waals surface area contributed by atoms with Gasteiger partial charge in [0, 0.05) is 13.2 Å². The smallest absolute Gasteiger partial charge is 0.161 e. The van der Waals surface area contributed by atoms with Crippen molar-refractivity contribution in [2.45, 2.75) is 31.9 Å². The van der Waals surface area contributed by atoms with Crippen LogP contribution in [0.15, 0.2) is 18.2 Å². The highest BCUT2D eigenvalue weighted by molar-refractivity contribution is 5.43. The highest BCUT2D eigenvalue weighted by Gasteiger charge is 2.14. The second-order valence-corrected chi connectivity index (χ2v) is 4.46. The molecule has 0 saturated heterocycles. The van der Waals surface area contributed by atoms with Crippen LogP contribution in [0.1, 0.15) is 31.4 Å². The van der Waals surface area contributed by atoms with Crippen molar-refractivity contribution in [1.82, 2.24) is 5.43 Å². The van der Waals surface area contributed by atoms with E-state index in [0.717, 1.165) is 18.4 Å². The molecular formula is C14H24N2O3. The number of hydrazine groups is 1. The van der Waals surface area contributed by atoms with Crippen LogP contribution in [0.5, 0.6) is 11.5 Å². The zero-order valence-electron chi connectivity index (χ0n) is 12.1. The van der Waals surface area contributed by atoms with E-state index in [9.17, 15) is 0 Å². The molecule has 1 rings (SSSR count). The molecule has 1 aromatic rings. The Morgan fingerprint density at radius 2 is 1.79 bits per heavy atom. The van der Waals surface area contributed by atoms with Gasteiger partial charge in [-0.2, -0.15) is 0 Å². The molecule has 2 atom stereocenters. The largest absolute Gasteiger partial charge is 0.493 e. The lowest BCUT2D eigenvalue weighted by atomic mass is 10.0. The van der Waals surface area contributed by atoms with Gasteiger partial charge in [-0.05, 0) is 37.5 Å². The van der Waals surface area contributed by atoms with E-state index < -0.39 is 0 Å². The number of nitrogens with one attached hydrogen (secondary N) is 1. The van der Waals surface area contributed by atoms with E-state index in [0.29, 0.717) is 11.5 Å². The van der Waals surface area contributed by atoms with E-state index in [1.54, 1.807) is 21.3 Å². The van der Waals surface area contributed by atoms with E-state index in [1.807, 2.05) is 25.1 Å². The minimum Gasteiger partial charge on any atom is -0.493 e. The number of benzene rings is 1. The summed E-state index contributed by atoms with van der Waals surface area (Å²) in [4.78, 5) is 0. The van der Waals surface area contributed by atoms with E-state index in [4.69, 9.17) is 20.1 Å². The molecule has 0 fully saturated rings. The maximum Gasteiger partial charge on any atom is 0.161 e. The van der Waals surface area contributed by atoms with Gasteiger partial charge in [-0.1, -0.05) is 6.07 Å². The molecule has 108 valence electrons. The van der Waals surface area contributed by atoms with Crippen LogP contribution in [0.2, 0.25) is 0 Å². The number of ether oxygens (including phenoxy) is 3. The van der Waals surface area contributed by atoms with Gasteiger partial charge in [0.15, 0.2) is 11.5 Å². The third kappa shape index (κ3) is 4.38. The van der Waals surface area contributed by atoms with Crippen LogP contribution in [0.3, 0.4) is 0 Å². The fraction of sp³-hybridized carbons (Fsp3) is 0.571. The Balaban J connectivity index is 2.80. The number of methoxy groups -OCH3 is 3. The molecule has 0 amide bonds. The lowest BCUT2D eigenvalue weighted by Crippen LogP contribution is -2.28. The minimum atomic E-state index is 0.0670. The summed E-state index contributed by atoms with van der Waals surface area (Å²) < 4.78 is 15.8. The predicted octanol–water partition coefficient (Wildman–Crippen LogP) is 2.02. The van der Waals surface area contributed by atoms with Crippen molar-refractivity contribution in [2.24, 2.45) is 5.84 Å². The molecule has 5 nitrogen and oxygen atoms in total. The van der Waals surface area contributed by atoms with Gasteiger partial charge in [0.25, 0.3) is 0 Å². The Bertz CT molecular complexity index is 385. The van der Waals surface area contributed by atoms with E-state index >= 15 is 0 Å². The first-order valence-electron chi connectivity index (χ1n) is 6.37. The topological polar surface area (TPSA) is 65.7 Å². The number of rotatable bonds is 8. The second kappa shape index (κ2) is 7.99. The normalized spacial score (nSPS) is 13.9. The van der Waals surface area contributed by atoms with Crippen molar-refractivity contribution >= 4 is 0 Å². The molecule has 3 N–H and O–H groups in total. The van der Waals surface area contributed by atoms with Gasteiger partial charge >= 0.3 is 0 Å². The van der Waals surface area contributed by atoms with Crippen LogP contribution < -0.4 is 20.7 Å². The summed E-state index contributed by atoms with van der Waals surface area (Å²) in [6.45, 7) is 2.04. The number of nitrogens with two attached hydrogens (primary N) is 1. The predicted molar refractivity (Wildman–Crippen MR) is 75.3 cm³/mol. The molecule has 0 spiro atoms. The fourth-order valence-corrected chi connectivity index (χ4v) is 1.94. The molecule has 0 aliphatic heterocycles. The maximum atomic E-state index is 5.63. The molecule has 0 radical (unpaired) electrons. The molecule has 5 heteroatoms. The quantitative estimate of drug-likeness (QED) is 0.558. The first-order valence-corrected chi connectivity index (χ1v) is 6.37. The molecule has 0 bridgehead atoms. The van der Waals surface area contributed by atoms with Crippen molar-refractivity contribution in [1.29, 1.82) is 0 Å². The van der Waals surface area contributed by atoms with Crippen LogP contribution in [0, 0.1) is 0 Å². The SMILES string of the molecule is COc1ccc(C(CCC(C)OC)NN)cc1OC. The fourth-order valence-electron chi connectivity index (χ4n) is 1.94. The van der Waals surface area contributed by atoms with Gasteiger partial charge < -0.3 is 14.2 Å². The lowest BCUT2D eigenvalue weighted by molar-refractivity contribution is 0.106. The van der Waals surface area contributed by atoms with Gasteiger partial charge in [-0.3, -0.25) is 11.3 Å². The average molecular weight is 268 g/mol. The summed E-state index contributed by atoms with van der Waals surface area (Å²) in [6.07, 6.45) is 2.04. The summed E-state index contributed by atoms with van der Waals surface area (Å²) in [5.74, 6) is 7.06. The monoisotopic (exact) mass is 268 g/mol. The third-order valence-electron chi connectivity index (χ3n) is 3.28. The lowest BCUT2D eigenvalue weighted by Gasteiger charge is -2.19.